The van der Waals surface area contributed by atoms with E-state index in [1.165, 1.54) is 4.57 Å². The summed E-state index contributed by atoms with van der Waals surface area (Å²) >= 11 is 0. The molecule has 0 spiro atoms. The number of aromatic nitrogens is 4. The summed E-state index contributed by atoms with van der Waals surface area (Å²) in [7, 11) is -2.48. The van der Waals surface area contributed by atoms with E-state index in [0.717, 1.165) is 29.3 Å². The molecule has 0 radical (unpaired) electrons. The maximum Gasteiger partial charge on any atom is 0.330 e. The van der Waals surface area contributed by atoms with Gasteiger partial charge in [-0.15, -0.1) is 0 Å². The molecule has 1 aliphatic heterocycles. The second-order valence-corrected chi connectivity index (χ2v) is 10.2. The average molecular weight is 497 g/mol. The molecular formula is C21H26F2N6O4S. The predicted octanol–water partition coefficient (Wildman–Crippen LogP) is 1.01. The van der Waals surface area contributed by atoms with Crippen molar-refractivity contribution in [2.24, 2.45) is 7.05 Å². The molecule has 1 aromatic carbocycles. The van der Waals surface area contributed by atoms with Gasteiger partial charge < -0.3 is 4.57 Å². The number of hydrogen-bond donors (Lipinski definition) is 1. The summed E-state index contributed by atoms with van der Waals surface area (Å²) in [6.45, 7) is 3.60. The summed E-state index contributed by atoms with van der Waals surface area (Å²) in [5, 5.41) is 0. The maximum atomic E-state index is 14.1. The van der Waals surface area contributed by atoms with Gasteiger partial charge in [0.25, 0.3) is 5.56 Å². The van der Waals surface area contributed by atoms with Gasteiger partial charge in [-0.05, 0) is 24.6 Å². The van der Waals surface area contributed by atoms with E-state index in [1.54, 1.807) is 11.6 Å². The minimum Gasteiger partial charge on any atom is -0.324 e. The summed E-state index contributed by atoms with van der Waals surface area (Å²) < 4.78 is 57.4. The summed E-state index contributed by atoms with van der Waals surface area (Å²) in [6.07, 6.45) is 1.63. The summed E-state index contributed by atoms with van der Waals surface area (Å²) in [4.78, 5) is 32.9. The van der Waals surface area contributed by atoms with Gasteiger partial charge in [0.2, 0.25) is 10.0 Å². The van der Waals surface area contributed by atoms with Gasteiger partial charge in [-0.25, -0.2) is 27.0 Å². The number of nitrogens with one attached hydrogen (secondary N) is 1. The number of nitrogens with zero attached hydrogens (tertiary/aromatic N) is 5. The Hall–Kier alpha value is -2.90. The fourth-order valence-corrected chi connectivity index (χ4v) is 5.60. The quantitative estimate of drug-likeness (QED) is 0.522. The van der Waals surface area contributed by atoms with Crippen molar-refractivity contribution in [2.45, 2.75) is 37.8 Å². The maximum absolute atomic E-state index is 14.1. The number of rotatable bonds is 7. The molecule has 0 aliphatic carbocycles. The van der Waals surface area contributed by atoms with E-state index >= 15 is 0 Å². The number of halogens is 2. The van der Waals surface area contributed by atoms with Crippen LogP contribution in [0.5, 0.6) is 0 Å². The van der Waals surface area contributed by atoms with Crippen molar-refractivity contribution in [3.63, 3.8) is 0 Å². The minimum atomic E-state index is -4.18. The first-order chi connectivity index (χ1) is 16.1. The van der Waals surface area contributed by atoms with Crippen LogP contribution in [0.1, 0.15) is 25.6 Å². The van der Waals surface area contributed by atoms with Crippen molar-refractivity contribution in [1.82, 2.24) is 28.3 Å². The first-order valence-corrected chi connectivity index (χ1v) is 12.4. The number of fused-ring (bicyclic) bond motifs is 1. The molecule has 0 atom stereocenters. The van der Waals surface area contributed by atoms with E-state index in [2.05, 4.69) is 9.97 Å². The molecule has 2 aromatic heterocycles. The zero-order valence-corrected chi connectivity index (χ0v) is 19.7. The standard InChI is InChI=1S/C21H26F2N6O4S/c1-3-4-7-29-19-18(20(30)25-21(29)31)26(2)17(24-19)13-27-8-10-28(11-9-27)34(32,33)16-12-14(22)5-6-15(16)23/h5-6,12H,3-4,7-11,13H2,1-2H3,(H,25,30,31). The zero-order valence-electron chi connectivity index (χ0n) is 18.9. The van der Waals surface area contributed by atoms with Gasteiger partial charge in [0.15, 0.2) is 11.2 Å². The van der Waals surface area contributed by atoms with Crippen LogP contribution in [-0.4, -0.2) is 62.9 Å². The molecule has 184 valence electrons. The van der Waals surface area contributed by atoms with Crippen molar-refractivity contribution in [2.75, 3.05) is 26.2 Å². The highest BCUT2D eigenvalue weighted by Crippen LogP contribution is 2.22. The van der Waals surface area contributed by atoms with Crippen molar-refractivity contribution in [3.05, 3.63) is 56.5 Å². The number of imidazole rings is 1. The van der Waals surface area contributed by atoms with Crippen LogP contribution in [0.3, 0.4) is 0 Å². The smallest absolute Gasteiger partial charge is 0.324 e. The van der Waals surface area contributed by atoms with Crippen LogP contribution < -0.4 is 11.2 Å². The van der Waals surface area contributed by atoms with Gasteiger partial charge in [-0.1, -0.05) is 13.3 Å². The molecular weight excluding hydrogens is 470 g/mol. The molecule has 1 N–H and O–H groups in total. The Kier molecular flexibility index (Phi) is 6.69. The van der Waals surface area contributed by atoms with Crippen LogP contribution in [0.2, 0.25) is 0 Å². The fourth-order valence-electron chi connectivity index (χ4n) is 4.10. The number of sulfonamides is 1. The Balaban J connectivity index is 1.53. The van der Waals surface area contributed by atoms with Gasteiger partial charge in [0.1, 0.15) is 22.4 Å². The van der Waals surface area contributed by atoms with Gasteiger partial charge in [-0.3, -0.25) is 19.2 Å². The molecule has 4 rings (SSSR count). The lowest BCUT2D eigenvalue weighted by Gasteiger charge is -2.33. The SMILES string of the molecule is CCCCn1c(=O)[nH]c(=O)c2c1nc(CN1CCN(S(=O)(=O)c3cc(F)ccc3F)CC1)n2C. The normalized spacial score (nSPS) is 15.9. The number of hydrogen-bond acceptors (Lipinski definition) is 6. The molecule has 0 amide bonds. The predicted molar refractivity (Wildman–Crippen MR) is 121 cm³/mol. The van der Waals surface area contributed by atoms with Crippen molar-refractivity contribution in [3.8, 4) is 0 Å². The third-order valence-electron chi connectivity index (χ3n) is 6.05. The van der Waals surface area contributed by atoms with Crippen LogP contribution in [0.4, 0.5) is 8.78 Å². The Morgan fingerprint density at radius 2 is 1.82 bits per heavy atom. The van der Waals surface area contributed by atoms with E-state index in [4.69, 9.17) is 0 Å². The molecule has 3 heterocycles. The molecule has 1 saturated heterocycles. The van der Waals surface area contributed by atoms with Crippen LogP contribution >= 0.6 is 0 Å². The first-order valence-electron chi connectivity index (χ1n) is 11.0. The van der Waals surface area contributed by atoms with Crippen molar-refractivity contribution >= 4 is 21.2 Å². The molecule has 3 aromatic rings. The third kappa shape index (κ3) is 4.42. The molecule has 0 bridgehead atoms. The number of H-pyrrole nitrogens is 1. The summed E-state index contributed by atoms with van der Waals surface area (Å²) in [6, 6.07) is 2.36. The molecule has 34 heavy (non-hydrogen) atoms. The van der Waals surface area contributed by atoms with Gasteiger partial charge in [0, 0.05) is 39.8 Å². The fraction of sp³-hybridized carbons (Fsp3) is 0.476. The first kappa shape index (κ1) is 24.2. The van der Waals surface area contributed by atoms with Crippen LogP contribution in [0, 0.1) is 11.6 Å². The number of aromatic amines is 1. The second kappa shape index (κ2) is 9.39. The lowest BCUT2D eigenvalue weighted by molar-refractivity contribution is 0.177. The molecule has 1 aliphatic rings. The Labute approximate surface area is 194 Å². The van der Waals surface area contributed by atoms with Gasteiger partial charge >= 0.3 is 5.69 Å². The molecule has 13 heteroatoms. The highest BCUT2D eigenvalue weighted by atomic mass is 32.2. The average Bonchev–Trinajstić information content (AvgIpc) is 3.11. The molecule has 0 unspecified atom stereocenters. The Morgan fingerprint density at radius 1 is 1.12 bits per heavy atom. The second-order valence-electron chi connectivity index (χ2n) is 8.28. The highest BCUT2D eigenvalue weighted by molar-refractivity contribution is 7.89. The minimum absolute atomic E-state index is 0.0873. The number of aryl methyl sites for hydroxylation is 2. The number of unbranched alkanes of at least 4 members (excludes halogenated alkanes) is 1. The lowest BCUT2D eigenvalue weighted by atomic mass is 10.3. The monoisotopic (exact) mass is 496 g/mol. The van der Waals surface area contributed by atoms with Crippen LogP contribution in [0.25, 0.3) is 11.2 Å². The van der Waals surface area contributed by atoms with Crippen molar-refractivity contribution < 1.29 is 17.2 Å². The van der Waals surface area contributed by atoms with Crippen LogP contribution in [0.15, 0.2) is 32.7 Å². The highest BCUT2D eigenvalue weighted by Gasteiger charge is 2.31. The van der Waals surface area contributed by atoms with Gasteiger partial charge in [0.05, 0.1) is 6.54 Å². The van der Waals surface area contributed by atoms with E-state index in [0.29, 0.717) is 49.2 Å². The third-order valence-corrected chi connectivity index (χ3v) is 7.96. The molecule has 1 fully saturated rings. The topological polar surface area (TPSA) is 113 Å². The lowest BCUT2D eigenvalue weighted by Crippen LogP contribution is -2.48. The summed E-state index contributed by atoms with van der Waals surface area (Å²) in [5.74, 6) is -1.26. The van der Waals surface area contributed by atoms with Crippen LogP contribution in [-0.2, 0) is 30.2 Å². The Bertz CT molecular complexity index is 1440. The van der Waals surface area contributed by atoms with Gasteiger partial charge in [-0.2, -0.15) is 4.31 Å². The van der Waals surface area contributed by atoms with E-state index in [-0.39, 0.29) is 13.1 Å². The molecule has 10 nitrogen and oxygen atoms in total. The van der Waals surface area contributed by atoms with E-state index in [1.807, 2.05) is 11.8 Å². The van der Waals surface area contributed by atoms with E-state index in [9.17, 15) is 26.8 Å². The number of piperazine rings is 1. The Morgan fingerprint density at radius 3 is 2.50 bits per heavy atom. The van der Waals surface area contributed by atoms with Crippen molar-refractivity contribution in [1.29, 1.82) is 0 Å². The summed E-state index contributed by atoms with van der Waals surface area (Å²) in [5.41, 5.74) is -0.392. The largest absolute Gasteiger partial charge is 0.330 e. The molecule has 0 saturated carbocycles. The number of benzene rings is 1. The zero-order chi connectivity index (χ0) is 24.6. The van der Waals surface area contributed by atoms with E-state index < -0.39 is 37.8 Å².